The highest BCUT2D eigenvalue weighted by atomic mass is 16.6. The highest BCUT2D eigenvalue weighted by molar-refractivity contribution is 5.98. The smallest absolute Gasteiger partial charge is 0.296 e. The maximum atomic E-state index is 12.2. The van der Waals surface area contributed by atoms with Crippen LogP contribution in [0.1, 0.15) is 18.4 Å². The van der Waals surface area contributed by atoms with Crippen molar-refractivity contribution in [3.05, 3.63) is 64.2 Å². The number of hydrogen-bond donors (Lipinski definition) is 2. The van der Waals surface area contributed by atoms with Gasteiger partial charge in [-0.15, -0.1) is 0 Å². The Labute approximate surface area is 121 Å². The van der Waals surface area contributed by atoms with Crippen molar-refractivity contribution in [2.75, 3.05) is 5.32 Å². The monoisotopic (exact) mass is 286 g/mol. The molecule has 0 spiro atoms. The van der Waals surface area contributed by atoms with E-state index in [0.29, 0.717) is 0 Å². The van der Waals surface area contributed by atoms with Crippen LogP contribution in [-0.2, 0) is 4.79 Å². The van der Waals surface area contributed by atoms with Crippen molar-refractivity contribution < 1.29 is 14.8 Å². The van der Waals surface area contributed by atoms with E-state index in [1.165, 1.54) is 18.2 Å². The van der Waals surface area contributed by atoms with E-state index in [1.54, 1.807) is 19.1 Å². The minimum Gasteiger partial charge on any atom is -0.505 e. The Morgan fingerprint density at radius 1 is 1.19 bits per heavy atom. The summed E-state index contributed by atoms with van der Waals surface area (Å²) >= 11 is 0. The van der Waals surface area contributed by atoms with Gasteiger partial charge < -0.3 is 10.4 Å². The van der Waals surface area contributed by atoms with Gasteiger partial charge in [0.2, 0.25) is 5.91 Å². The zero-order chi connectivity index (χ0) is 15.4. The maximum Gasteiger partial charge on any atom is 0.296 e. The van der Waals surface area contributed by atoms with Gasteiger partial charge >= 0.3 is 0 Å². The van der Waals surface area contributed by atoms with E-state index in [9.17, 15) is 20.0 Å². The number of nitro benzene ring substituents is 1. The standard InChI is InChI=1S/C15H14N2O4/c1-10(11-6-3-2-4-7-11)15(19)16-14-12(17(20)21)8-5-9-13(14)18/h2-10,18H,1H3,(H,16,19). The zero-order valence-corrected chi connectivity index (χ0v) is 11.3. The lowest BCUT2D eigenvalue weighted by Crippen LogP contribution is -2.19. The van der Waals surface area contributed by atoms with Crippen molar-refractivity contribution in [1.82, 2.24) is 0 Å². The lowest BCUT2D eigenvalue weighted by molar-refractivity contribution is -0.384. The third kappa shape index (κ3) is 3.17. The number of nitrogens with one attached hydrogen (secondary N) is 1. The van der Waals surface area contributed by atoms with Crippen LogP contribution in [0, 0.1) is 10.1 Å². The van der Waals surface area contributed by atoms with E-state index in [2.05, 4.69) is 5.32 Å². The van der Waals surface area contributed by atoms with Gasteiger partial charge in [-0.3, -0.25) is 14.9 Å². The van der Waals surface area contributed by atoms with E-state index in [0.717, 1.165) is 5.56 Å². The van der Waals surface area contributed by atoms with E-state index >= 15 is 0 Å². The molecule has 6 heteroatoms. The fourth-order valence-corrected chi connectivity index (χ4v) is 1.93. The summed E-state index contributed by atoms with van der Waals surface area (Å²) in [7, 11) is 0. The van der Waals surface area contributed by atoms with Crippen LogP contribution in [0.15, 0.2) is 48.5 Å². The second-order valence-corrected chi connectivity index (χ2v) is 4.55. The molecule has 0 aliphatic heterocycles. The van der Waals surface area contributed by atoms with Crippen molar-refractivity contribution in [3.8, 4) is 5.75 Å². The largest absolute Gasteiger partial charge is 0.505 e. The number of carbonyl (C=O) groups is 1. The second-order valence-electron chi connectivity index (χ2n) is 4.55. The Kier molecular flexibility index (Phi) is 4.18. The van der Waals surface area contributed by atoms with Crippen LogP contribution >= 0.6 is 0 Å². The summed E-state index contributed by atoms with van der Waals surface area (Å²) in [6.07, 6.45) is 0. The van der Waals surface area contributed by atoms with Gasteiger partial charge in [-0.2, -0.15) is 0 Å². The topological polar surface area (TPSA) is 92.5 Å². The fourth-order valence-electron chi connectivity index (χ4n) is 1.93. The normalized spacial score (nSPS) is 11.7. The van der Waals surface area contributed by atoms with Gasteiger partial charge in [0.15, 0.2) is 5.69 Å². The predicted octanol–water partition coefficient (Wildman–Crippen LogP) is 3.04. The molecule has 1 amide bonds. The number of nitro groups is 1. The molecule has 21 heavy (non-hydrogen) atoms. The second kappa shape index (κ2) is 6.04. The first-order chi connectivity index (χ1) is 10.0. The Bertz CT molecular complexity index is 671. The average molecular weight is 286 g/mol. The van der Waals surface area contributed by atoms with Gasteiger partial charge in [0.1, 0.15) is 5.75 Å². The first-order valence-corrected chi connectivity index (χ1v) is 6.33. The van der Waals surface area contributed by atoms with Crippen LogP contribution < -0.4 is 5.32 Å². The SMILES string of the molecule is CC(C(=O)Nc1c(O)cccc1[N+](=O)[O-])c1ccccc1. The van der Waals surface area contributed by atoms with Crippen LogP contribution in [0.4, 0.5) is 11.4 Å². The fraction of sp³-hybridized carbons (Fsp3) is 0.133. The Morgan fingerprint density at radius 3 is 2.48 bits per heavy atom. The van der Waals surface area contributed by atoms with E-state index in [1.807, 2.05) is 18.2 Å². The Morgan fingerprint density at radius 2 is 1.86 bits per heavy atom. The molecule has 2 rings (SSSR count). The highest BCUT2D eigenvalue weighted by Crippen LogP contribution is 2.33. The molecular weight excluding hydrogens is 272 g/mol. The molecule has 0 saturated carbocycles. The number of aromatic hydroxyl groups is 1. The van der Waals surface area contributed by atoms with Crippen molar-refractivity contribution in [3.63, 3.8) is 0 Å². The molecule has 0 fully saturated rings. The summed E-state index contributed by atoms with van der Waals surface area (Å²) in [5.41, 5.74) is 0.256. The molecule has 6 nitrogen and oxygen atoms in total. The number of amides is 1. The summed E-state index contributed by atoms with van der Waals surface area (Å²) < 4.78 is 0. The molecule has 0 aliphatic rings. The first-order valence-electron chi connectivity index (χ1n) is 6.33. The molecule has 0 saturated heterocycles. The lowest BCUT2D eigenvalue weighted by atomic mass is 10.0. The van der Waals surface area contributed by atoms with Crippen molar-refractivity contribution in [1.29, 1.82) is 0 Å². The molecule has 0 radical (unpaired) electrons. The zero-order valence-electron chi connectivity index (χ0n) is 11.3. The first kappa shape index (κ1) is 14.5. The minimum absolute atomic E-state index is 0.185. The van der Waals surface area contributed by atoms with Crippen molar-refractivity contribution in [2.24, 2.45) is 0 Å². The summed E-state index contributed by atoms with van der Waals surface area (Å²) in [6.45, 7) is 1.69. The predicted molar refractivity (Wildman–Crippen MR) is 78.2 cm³/mol. The number of anilines is 1. The molecule has 108 valence electrons. The third-order valence-electron chi connectivity index (χ3n) is 3.16. The van der Waals surface area contributed by atoms with Crippen LogP contribution in [0.25, 0.3) is 0 Å². The molecule has 2 aromatic carbocycles. The minimum atomic E-state index is -0.650. The molecule has 2 aromatic rings. The quantitative estimate of drug-likeness (QED) is 0.513. The summed E-state index contributed by atoms with van der Waals surface area (Å²) in [5.74, 6) is -1.26. The molecule has 0 aliphatic carbocycles. The summed E-state index contributed by atoms with van der Waals surface area (Å²) in [5, 5.41) is 23.1. The van der Waals surface area contributed by atoms with Crippen LogP contribution in [-0.4, -0.2) is 15.9 Å². The van der Waals surface area contributed by atoms with Crippen LogP contribution in [0.2, 0.25) is 0 Å². The molecule has 0 bridgehead atoms. The van der Waals surface area contributed by atoms with Crippen molar-refractivity contribution in [2.45, 2.75) is 12.8 Å². The van der Waals surface area contributed by atoms with Gasteiger partial charge in [0.25, 0.3) is 5.69 Å². The number of nitrogens with zero attached hydrogens (tertiary/aromatic N) is 1. The number of phenols is 1. The number of benzene rings is 2. The van der Waals surface area contributed by atoms with E-state index in [-0.39, 0.29) is 17.1 Å². The molecule has 0 aromatic heterocycles. The summed E-state index contributed by atoms with van der Waals surface area (Å²) in [6, 6.07) is 12.9. The Hall–Kier alpha value is -2.89. The van der Waals surface area contributed by atoms with Gasteiger partial charge in [0, 0.05) is 6.07 Å². The van der Waals surface area contributed by atoms with Crippen LogP contribution in [0.5, 0.6) is 5.75 Å². The molecular formula is C15H14N2O4. The lowest BCUT2D eigenvalue weighted by Gasteiger charge is -2.13. The van der Waals surface area contributed by atoms with Gasteiger partial charge in [-0.25, -0.2) is 0 Å². The number of hydrogen-bond acceptors (Lipinski definition) is 4. The number of para-hydroxylation sites is 1. The number of phenolic OH excluding ortho intramolecular Hbond substituents is 1. The van der Waals surface area contributed by atoms with Gasteiger partial charge in [-0.1, -0.05) is 36.4 Å². The van der Waals surface area contributed by atoms with Gasteiger partial charge in [0.05, 0.1) is 10.8 Å². The van der Waals surface area contributed by atoms with Crippen molar-refractivity contribution >= 4 is 17.3 Å². The Balaban J connectivity index is 2.26. The molecule has 0 heterocycles. The number of carbonyl (C=O) groups excluding carboxylic acids is 1. The average Bonchev–Trinajstić information content (AvgIpc) is 2.49. The van der Waals surface area contributed by atoms with Crippen LogP contribution in [0.3, 0.4) is 0 Å². The maximum absolute atomic E-state index is 12.2. The molecule has 2 N–H and O–H groups in total. The molecule has 1 atom stereocenters. The number of rotatable bonds is 4. The van der Waals surface area contributed by atoms with E-state index in [4.69, 9.17) is 0 Å². The highest BCUT2D eigenvalue weighted by Gasteiger charge is 2.22. The molecule has 1 unspecified atom stereocenters. The van der Waals surface area contributed by atoms with Gasteiger partial charge in [-0.05, 0) is 18.6 Å². The van der Waals surface area contributed by atoms with E-state index < -0.39 is 16.7 Å². The third-order valence-corrected chi connectivity index (χ3v) is 3.16. The summed E-state index contributed by atoms with van der Waals surface area (Å²) in [4.78, 5) is 22.5.